The molecule has 0 aliphatic rings. The Hall–Kier alpha value is -2.11. The quantitative estimate of drug-likeness (QED) is 0.556. The number of nitrogens with zero attached hydrogens (tertiary/aromatic N) is 2. The van der Waals surface area contributed by atoms with Crippen LogP contribution in [0.5, 0.6) is 0 Å². The van der Waals surface area contributed by atoms with Crippen LogP contribution in [-0.2, 0) is 0 Å². The number of nitrogens with one attached hydrogen (secondary N) is 1. The number of rotatable bonds is 2. The molecule has 0 bridgehead atoms. The molecule has 2 heterocycles. The number of hydrogen-bond donors (Lipinski definition) is 1. The minimum Gasteiger partial charge on any atom is -0.423 e. The van der Waals surface area contributed by atoms with E-state index >= 15 is 0 Å². The van der Waals surface area contributed by atoms with Gasteiger partial charge in [-0.05, 0) is 36.8 Å². The van der Waals surface area contributed by atoms with Gasteiger partial charge in [0.05, 0.1) is 9.72 Å². The zero-order valence-corrected chi connectivity index (χ0v) is 12.6. The summed E-state index contributed by atoms with van der Waals surface area (Å²) >= 11 is 7.65. The van der Waals surface area contributed by atoms with Gasteiger partial charge in [0.25, 0.3) is 0 Å². The summed E-state index contributed by atoms with van der Waals surface area (Å²) in [5.41, 5.74) is 3.51. The third-order valence-corrected chi connectivity index (χ3v) is 4.37. The maximum absolute atomic E-state index is 6.13. The Morgan fingerprint density at radius 1 is 1.19 bits per heavy atom. The summed E-state index contributed by atoms with van der Waals surface area (Å²) < 4.78 is 6.72. The molecule has 0 aliphatic carbocycles. The molecule has 0 amide bonds. The van der Waals surface area contributed by atoms with Crippen LogP contribution < -0.4 is 5.32 Å². The minimum atomic E-state index is 0.436. The Morgan fingerprint density at radius 2 is 2.10 bits per heavy atom. The maximum atomic E-state index is 6.13. The van der Waals surface area contributed by atoms with E-state index in [2.05, 4.69) is 15.3 Å². The second-order valence-corrected chi connectivity index (χ2v) is 6.16. The highest BCUT2D eigenvalue weighted by atomic mass is 35.5. The predicted octanol–water partition coefficient (Wildman–Crippen LogP) is 5.14. The van der Waals surface area contributed by atoms with Crippen LogP contribution in [0.15, 0.2) is 40.8 Å². The number of fused-ring (bicyclic) bond motifs is 2. The fourth-order valence-electron chi connectivity index (χ4n) is 2.15. The van der Waals surface area contributed by atoms with Crippen molar-refractivity contribution in [2.24, 2.45) is 0 Å². The first-order chi connectivity index (χ1) is 10.2. The van der Waals surface area contributed by atoms with E-state index in [4.69, 9.17) is 16.0 Å². The van der Waals surface area contributed by atoms with E-state index < -0.39 is 0 Å². The lowest BCUT2D eigenvalue weighted by atomic mass is 10.2. The summed E-state index contributed by atoms with van der Waals surface area (Å²) in [6.07, 6.45) is 0. The van der Waals surface area contributed by atoms with E-state index in [1.54, 1.807) is 0 Å². The van der Waals surface area contributed by atoms with Gasteiger partial charge in [-0.2, -0.15) is 4.98 Å². The van der Waals surface area contributed by atoms with Crippen molar-refractivity contribution >= 4 is 55.4 Å². The number of oxazole rings is 1. The monoisotopic (exact) mass is 315 g/mol. The zero-order valence-electron chi connectivity index (χ0n) is 11.1. The molecule has 0 spiro atoms. The van der Waals surface area contributed by atoms with Gasteiger partial charge in [-0.25, -0.2) is 4.98 Å². The van der Waals surface area contributed by atoms with Crippen LogP contribution in [0.3, 0.4) is 0 Å². The molecule has 4 nitrogen and oxygen atoms in total. The number of aromatic nitrogens is 2. The molecule has 1 N–H and O–H groups in total. The van der Waals surface area contributed by atoms with E-state index in [0.717, 1.165) is 26.9 Å². The summed E-state index contributed by atoms with van der Waals surface area (Å²) in [5.74, 6) is 0. The van der Waals surface area contributed by atoms with Crippen LogP contribution in [0.2, 0.25) is 5.02 Å². The lowest BCUT2D eigenvalue weighted by Crippen LogP contribution is -1.88. The van der Waals surface area contributed by atoms with Crippen molar-refractivity contribution < 1.29 is 4.42 Å². The fourth-order valence-corrected chi connectivity index (χ4v) is 3.30. The van der Waals surface area contributed by atoms with Gasteiger partial charge in [0.2, 0.25) is 0 Å². The fraction of sp³-hybridized carbons (Fsp3) is 0.0667. The van der Waals surface area contributed by atoms with E-state index in [1.165, 1.54) is 11.3 Å². The highest BCUT2D eigenvalue weighted by Crippen LogP contribution is 2.32. The molecule has 0 saturated carbocycles. The Balaban J connectivity index is 1.73. The normalized spacial score (nSPS) is 11.3. The Bertz CT molecular complexity index is 960. The van der Waals surface area contributed by atoms with Gasteiger partial charge in [0.15, 0.2) is 10.7 Å². The number of halogens is 1. The Morgan fingerprint density at radius 3 is 2.95 bits per heavy atom. The molecule has 0 atom stereocenters. The van der Waals surface area contributed by atoms with E-state index in [-0.39, 0.29) is 0 Å². The van der Waals surface area contributed by atoms with E-state index in [1.807, 2.05) is 43.3 Å². The van der Waals surface area contributed by atoms with Crippen LogP contribution in [0.4, 0.5) is 11.1 Å². The second kappa shape index (κ2) is 4.72. The van der Waals surface area contributed by atoms with Crippen molar-refractivity contribution in [1.82, 2.24) is 9.97 Å². The third-order valence-electron chi connectivity index (χ3n) is 3.13. The molecular formula is C15H10ClN3OS. The molecule has 0 fully saturated rings. The second-order valence-electron chi connectivity index (χ2n) is 4.72. The highest BCUT2D eigenvalue weighted by Gasteiger charge is 2.10. The Kier molecular flexibility index (Phi) is 2.83. The first kappa shape index (κ1) is 12.6. The van der Waals surface area contributed by atoms with Crippen molar-refractivity contribution in [2.45, 2.75) is 6.92 Å². The van der Waals surface area contributed by atoms with Crippen LogP contribution in [0.25, 0.3) is 21.3 Å². The van der Waals surface area contributed by atoms with Crippen molar-refractivity contribution in [1.29, 1.82) is 0 Å². The van der Waals surface area contributed by atoms with Crippen molar-refractivity contribution in [3.05, 3.63) is 47.0 Å². The van der Waals surface area contributed by atoms with Crippen LogP contribution in [-0.4, -0.2) is 9.97 Å². The maximum Gasteiger partial charge on any atom is 0.302 e. The van der Waals surface area contributed by atoms with Gasteiger partial charge in [0, 0.05) is 0 Å². The molecule has 2 aromatic heterocycles. The number of thiazole rings is 1. The molecule has 2 aromatic carbocycles. The van der Waals surface area contributed by atoms with Crippen molar-refractivity contribution in [3.8, 4) is 0 Å². The lowest BCUT2D eigenvalue weighted by Gasteiger charge is -1.93. The van der Waals surface area contributed by atoms with Gasteiger partial charge in [0.1, 0.15) is 11.0 Å². The summed E-state index contributed by atoms with van der Waals surface area (Å²) in [4.78, 5) is 8.87. The molecule has 4 rings (SSSR count). The molecular weight excluding hydrogens is 306 g/mol. The molecule has 21 heavy (non-hydrogen) atoms. The average Bonchev–Trinajstić information content (AvgIpc) is 3.02. The number of aryl methyl sites for hydroxylation is 1. The van der Waals surface area contributed by atoms with E-state index in [9.17, 15) is 0 Å². The summed E-state index contributed by atoms with van der Waals surface area (Å²) in [6, 6.07) is 12.1. The van der Waals surface area contributed by atoms with Crippen molar-refractivity contribution in [2.75, 3.05) is 5.32 Å². The summed E-state index contributed by atoms with van der Waals surface area (Å²) in [5, 5.41) is 4.45. The highest BCUT2D eigenvalue weighted by molar-refractivity contribution is 7.22. The molecule has 104 valence electrons. The molecule has 6 heteroatoms. The average molecular weight is 316 g/mol. The van der Waals surface area contributed by atoms with Gasteiger partial charge in [-0.3, -0.25) is 5.32 Å². The minimum absolute atomic E-state index is 0.436. The van der Waals surface area contributed by atoms with Gasteiger partial charge >= 0.3 is 6.01 Å². The third kappa shape index (κ3) is 2.24. The molecule has 0 aliphatic heterocycles. The molecule has 0 saturated heterocycles. The predicted molar refractivity (Wildman–Crippen MR) is 86.7 cm³/mol. The SMILES string of the molecule is Cc1ccc2nc(Nc3nc4c(Cl)cccc4s3)oc2c1. The molecule has 0 unspecified atom stereocenters. The topological polar surface area (TPSA) is 51.0 Å². The number of benzene rings is 2. The van der Waals surface area contributed by atoms with Gasteiger partial charge in [-0.15, -0.1) is 0 Å². The van der Waals surface area contributed by atoms with Crippen LogP contribution in [0, 0.1) is 6.92 Å². The van der Waals surface area contributed by atoms with Crippen molar-refractivity contribution in [3.63, 3.8) is 0 Å². The number of hydrogen-bond acceptors (Lipinski definition) is 5. The molecule has 4 aromatic rings. The van der Waals surface area contributed by atoms with Gasteiger partial charge in [-0.1, -0.05) is 35.1 Å². The first-order valence-electron chi connectivity index (χ1n) is 6.38. The first-order valence-corrected chi connectivity index (χ1v) is 7.58. The van der Waals surface area contributed by atoms with E-state index in [0.29, 0.717) is 16.2 Å². The number of anilines is 2. The summed E-state index contributed by atoms with van der Waals surface area (Å²) in [6.45, 7) is 2.02. The van der Waals surface area contributed by atoms with Crippen LogP contribution in [0.1, 0.15) is 5.56 Å². The smallest absolute Gasteiger partial charge is 0.302 e. The standard InChI is InChI=1S/C15H10ClN3OS/c1-8-5-6-10-11(7-8)20-14(17-10)19-15-18-13-9(16)3-2-4-12(13)21-15/h2-7H,1H3,(H,17,18,19). The summed E-state index contributed by atoms with van der Waals surface area (Å²) in [7, 11) is 0. The molecule has 0 radical (unpaired) electrons. The Labute approximate surface area is 129 Å². The van der Waals surface area contributed by atoms with Crippen LogP contribution >= 0.6 is 22.9 Å². The largest absolute Gasteiger partial charge is 0.423 e. The van der Waals surface area contributed by atoms with Gasteiger partial charge < -0.3 is 4.42 Å². The zero-order chi connectivity index (χ0) is 14.4. The lowest BCUT2D eigenvalue weighted by molar-refractivity contribution is 0.623. The number of para-hydroxylation sites is 1.